The molecule has 1 aromatic carbocycles. The number of aromatic nitrogens is 6. The molecule has 9 heteroatoms. The molecule has 0 saturated heterocycles. The third-order valence-electron chi connectivity index (χ3n) is 3.82. The zero-order chi connectivity index (χ0) is 18.3. The first-order chi connectivity index (χ1) is 12.6. The van der Waals surface area contributed by atoms with Gasteiger partial charge in [0.05, 0.1) is 11.9 Å². The number of anilines is 1. The molecule has 7 nitrogen and oxygen atoms in total. The average Bonchev–Trinajstić information content (AvgIpc) is 3.26. The van der Waals surface area contributed by atoms with Crippen LogP contribution in [0.5, 0.6) is 0 Å². The summed E-state index contributed by atoms with van der Waals surface area (Å²) in [6.07, 6.45) is 8.78. The van der Waals surface area contributed by atoms with Gasteiger partial charge in [-0.25, -0.2) is 18.1 Å². The molecule has 3 heterocycles. The molecule has 4 rings (SSSR count). The first-order valence-corrected chi connectivity index (χ1v) is 7.52. The molecule has 0 aliphatic heterocycles. The quantitative estimate of drug-likeness (QED) is 0.570. The van der Waals surface area contributed by atoms with Crippen LogP contribution < -0.4 is 5.73 Å². The fourth-order valence-corrected chi connectivity index (χ4v) is 2.67. The molecule has 26 heavy (non-hydrogen) atoms. The van der Waals surface area contributed by atoms with Crippen LogP contribution in [0, 0.1) is 24.0 Å². The number of nitrogen functional groups attached to an aromatic ring is 1. The van der Waals surface area contributed by atoms with Crippen molar-refractivity contribution in [2.45, 2.75) is 6.54 Å². The van der Waals surface area contributed by atoms with E-state index in [1.165, 1.54) is 27.6 Å². The molecule has 128 valence electrons. The van der Waals surface area contributed by atoms with Crippen LogP contribution >= 0.6 is 0 Å². The standard InChI is InChI=1S/C17H11F2N7/c1-2-13-14-15(25-8-4-7-21-25)22-17(20)23-16(14)26(24-13)9-10-11(18)5-3-6-12(10)19/h1,3-8H,9H2,(H2,20,22,23). The summed E-state index contributed by atoms with van der Waals surface area (Å²) < 4.78 is 30.8. The zero-order valence-electron chi connectivity index (χ0n) is 13.3. The summed E-state index contributed by atoms with van der Waals surface area (Å²) in [7, 11) is 0. The Bertz CT molecular complexity index is 1140. The molecule has 0 bridgehead atoms. The summed E-state index contributed by atoms with van der Waals surface area (Å²) in [6.45, 7) is -0.203. The Morgan fingerprint density at radius 1 is 1.15 bits per heavy atom. The number of terminal acetylenes is 1. The molecule has 4 aromatic rings. The van der Waals surface area contributed by atoms with Crippen molar-refractivity contribution in [1.29, 1.82) is 0 Å². The molecule has 0 radical (unpaired) electrons. The Morgan fingerprint density at radius 3 is 2.58 bits per heavy atom. The highest BCUT2D eigenvalue weighted by Gasteiger charge is 2.20. The Hall–Kier alpha value is -3.80. The number of rotatable bonds is 3. The monoisotopic (exact) mass is 351 g/mol. The minimum absolute atomic E-state index is 0.0401. The maximum Gasteiger partial charge on any atom is 0.224 e. The van der Waals surface area contributed by atoms with Crippen molar-refractivity contribution in [3.63, 3.8) is 0 Å². The van der Waals surface area contributed by atoms with E-state index in [9.17, 15) is 8.78 Å². The van der Waals surface area contributed by atoms with Crippen LogP contribution in [-0.4, -0.2) is 29.5 Å². The van der Waals surface area contributed by atoms with Gasteiger partial charge in [-0.05, 0) is 24.1 Å². The van der Waals surface area contributed by atoms with Crippen molar-refractivity contribution in [2.24, 2.45) is 0 Å². The molecule has 0 atom stereocenters. The molecular weight excluding hydrogens is 340 g/mol. The normalized spacial score (nSPS) is 11.0. The Kier molecular flexibility index (Phi) is 3.58. The maximum absolute atomic E-state index is 14.0. The Balaban J connectivity index is 1.97. The van der Waals surface area contributed by atoms with Crippen LogP contribution in [0.2, 0.25) is 0 Å². The van der Waals surface area contributed by atoms with Gasteiger partial charge in [0.1, 0.15) is 17.3 Å². The van der Waals surface area contributed by atoms with Gasteiger partial charge in [0, 0.05) is 18.0 Å². The topological polar surface area (TPSA) is 87.4 Å². The Labute approximate surface area is 146 Å². The second kappa shape index (κ2) is 5.93. The number of hydrogen-bond acceptors (Lipinski definition) is 5. The lowest BCUT2D eigenvalue weighted by Gasteiger charge is -2.07. The molecule has 0 aliphatic rings. The van der Waals surface area contributed by atoms with Gasteiger partial charge in [-0.15, -0.1) is 6.42 Å². The van der Waals surface area contributed by atoms with E-state index in [4.69, 9.17) is 12.2 Å². The van der Waals surface area contributed by atoms with Crippen LogP contribution in [0.15, 0.2) is 36.7 Å². The first-order valence-electron chi connectivity index (χ1n) is 7.52. The van der Waals surface area contributed by atoms with E-state index in [-0.39, 0.29) is 29.4 Å². The van der Waals surface area contributed by atoms with Crippen molar-refractivity contribution in [2.75, 3.05) is 5.73 Å². The van der Waals surface area contributed by atoms with E-state index in [0.29, 0.717) is 11.2 Å². The van der Waals surface area contributed by atoms with Crippen molar-refractivity contribution < 1.29 is 8.78 Å². The number of fused-ring (bicyclic) bond motifs is 1. The summed E-state index contributed by atoms with van der Waals surface area (Å²) >= 11 is 0. The minimum atomic E-state index is -0.690. The smallest absolute Gasteiger partial charge is 0.224 e. The predicted molar refractivity (Wildman–Crippen MR) is 90.3 cm³/mol. The number of benzene rings is 1. The lowest BCUT2D eigenvalue weighted by Crippen LogP contribution is -2.09. The van der Waals surface area contributed by atoms with E-state index in [1.54, 1.807) is 18.5 Å². The highest BCUT2D eigenvalue weighted by atomic mass is 19.1. The lowest BCUT2D eigenvalue weighted by molar-refractivity contribution is 0.536. The fraction of sp³-hybridized carbons (Fsp3) is 0.0588. The molecule has 0 saturated carbocycles. The second-order valence-electron chi connectivity index (χ2n) is 5.41. The number of halogens is 2. The van der Waals surface area contributed by atoms with Gasteiger partial charge >= 0.3 is 0 Å². The van der Waals surface area contributed by atoms with Crippen molar-refractivity contribution in [1.82, 2.24) is 29.5 Å². The van der Waals surface area contributed by atoms with Crippen LogP contribution in [0.4, 0.5) is 14.7 Å². The van der Waals surface area contributed by atoms with Gasteiger partial charge in [-0.3, -0.25) is 0 Å². The summed E-state index contributed by atoms with van der Waals surface area (Å²) in [4.78, 5) is 8.33. The molecule has 3 aromatic heterocycles. The van der Waals surface area contributed by atoms with E-state index in [2.05, 4.69) is 26.1 Å². The van der Waals surface area contributed by atoms with E-state index >= 15 is 0 Å². The van der Waals surface area contributed by atoms with Crippen LogP contribution in [-0.2, 0) is 6.54 Å². The fourth-order valence-electron chi connectivity index (χ4n) is 2.67. The predicted octanol–water partition coefficient (Wildman–Crippen LogP) is 1.90. The summed E-state index contributed by atoms with van der Waals surface area (Å²) in [5.41, 5.74) is 6.13. The molecule has 0 amide bonds. The third-order valence-corrected chi connectivity index (χ3v) is 3.82. The molecule has 0 unspecified atom stereocenters. The lowest BCUT2D eigenvalue weighted by atomic mass is 10.2. The van der Waals surface area contributed by atoms with Crippen LogP contribution in [0.3, 0.4) is 0 Å². The Morgan fingerprint density at radius 2 is 1.92 bits per heavy atom. The first kappa shape index (κ1) is 15.7. The summed E-state index contributed by atoms with van der Waals surface area (Å²) in [5, 5.41) is 8.78. The highest BCUT2D eigenvalue weighted by molar-refractivity contribution is 5.88. The summed E-state index contributed by atoms with van der Waals surface area (Å²) in [5.74, 6) is 1.37. The number of hydrogen-bond donors (Lipinski definition) is 1. The van der Waals surface area contributed by atoms with Crippen molar-refractivity contribution in [3.8, 4) is 18.2 Å². The van der Waals surface area contributed by atoms with Crippen LogP contribution in [0.1, 0.15) is 11.3 Å². The average molecular weight is 351 g/mol. The van der Waals surface area contributed by atoms with Gasteiger partial charge < -0.3 is 5.73 Å². The van der Waals surface area contributed by atoms with Gasteiger partial charge in [-0.1, -0.05) is 6.07 Å². The zero-order valence-corrected chi connectivity index (χ0v) is 13.3. The molecule has 2 N–H and O–H groups in total. The van der Waals surface area contributed by atoms with Crippen molar-refractivity contribution >= 4 is 17.0 Å². The SMILES string of the molecule is C#Cc1nn(Cc2c(F)cccc2F)c2nc(N)nc(-n3cccn3)c12. The largest absolute Gasteiger partial charge is 0.368 e. The molecule has 0 aliphatic carbocycles. The van der Waals surface area contributed by atoms with Crippen LogP contribution in [0.25, 0.3) is 16.9 Å². The number of nitrogens with two attached hydrogens (primary N) is 1. The maximum atomic E-state index is 14.0. The van der Waals surface area contributed by atoms with Gasteiger partial charge in [-0.2, -0.15) is 20.2 Å². The van der Waals surface area contributed by atoms with Gasteiger partial charge in [0.25, 0.3) is 0 Å². The van der Waals surface area contributed by atoms with Gasteiger partial charge in [0.2, 0.25) is 5.95 Å². The highest BCUT2D eigenvalue weighted by Crippen LogP contribution is 2.25. The van der Waals surface area contributed by atoms with E-state index in [0.717, 1.165) is 0 Å². The number of nitrogens with zero attached hydrogens (tertiary/aromatic N) is 6. The molecular formula is C17H11F2N7. The molecule has 0 fully saturated rings. The van der Waals surface area contributed by atoms with E-state index in [1.807, 2.05) is 0 Å². The molecule has 0 spiro atoms. The van der Waals surface area contributed by atoms with Gasteiger partial charge in [0.15, 0.2) is 11.5 Å². The van der Waals surface area contributed by atoms with Crippen molar-refractivity contribution in [3.05, 3.63) is 59.6 Å². The van der Waals surface area contributed by atoms with E-state index < -0.39 is 11.6 Å². The minimum Gasteiger partial charge on any atom is -0.368 e. The second-order valence-corrected chi connectivity index (χ2v) is 5.41. The third kappa shape index (κ3) is 2.44. The summed E-state index contributed by atoms with van der Waals surface area (Å²) in [6, 6.07) is 5.34.